The smallest absolute Gasteiger partial charge is 0.228 e. The number of nitrogens with one attached hydrogen (secondary N) is 2. The van der Waals surface area contributed by atoms with Gasteiger partial charge in [-0.25, -0.2) is 0 Å². The molecule has 1 saturated carbocycles. The summed E-state index contributed by atoms with van der Waals surface area (Å²) < 4.78 is 0. The van der Waals surface area contributed by atoms with E-state index >= 15 is 0 Å². The van der Waals surface area contributed by atoms with Crippen LogP contribution in [0.1, 0.15) is 5.56 Å². The van der Waals surface area contributed by atoms with Gasteiger partial charge in [-0.15, -0.1) is 0 Å². The van der Waals surface area contributed by atoms with E-state index in [0.29, 0.717) is 11.8 Å². The Bertz CT molecular complexity index is 764. The molecule has 3 atom stereocenters. The number of hydrogen-bond acceptors (Lipinski definition) is 2. The van der Waals surface area contributed by atoms with E-state index < -0.39 is 0 Å². The zero-order chi connectivity index (χ0) is 16.0. The normalized spacial score (nSPS) is 25.0. The molecule has 2 aromatic carbocycles. The van der Waals surface area contributed by atoms with Crippen LogP contribution in [0.25, 0.3) is 11.1 Å². The van der Waals surface area contributed by atoms with Crippen molar-refractivity contribution in [2.75, 3.05) is 18.4 Å². The lowest BCUT2D eigenvalue weighted by molar-refractivity contribution is -0.118. The van der Waals surface area contributed by atoms with Gasteiger partial charge in [-0.2, -0.15) is 0 Å². The molecule has 2 aromatic rings. The number of carbonyl (C=O) groups is 1. The molecular weight excluding hydrogens is 308 g/mol. The zero-order valence-electron chi connectivity index (χ0n) is 13.0. The molecule has 4 heteroatoms. The standard InChI is InChI=1S/C19H19ClN2O/c1-11-7-13(12-3-2-4-14(20)8-12)5-6-17(11)22-19(23)18-15-9-21-10-16(15)18/h2-8,15-16,18,21H,9-10H2,1H3,(H,22,23)/t15-,16+,18?. The number of rotatable bonds is 3. The first-order chi connectivity index (χ1) is 11.1. The van der Waals surface area contributed by atoms with Crippen LogP contribution in [-0.4, -0.2) is 19.0 Å². The second-order valence-corrected chi connectivity index (χ2v) is 6.98. The number of halogens is 1. The molecule has 0 bridgehead atoms. The van der Waals surface area contributed by atoms with Crippen molar-refractivity contribution in [2.45, 2.75) is 6.92 Å². The van der Waals surface area contributed by atoms with Crippen molar-refractivity contribution in [3.05, 3.63) is 53.1 Å². The van der Waals surface area contributed by atoms with Crippen LogP contribution >= 0.6 is 11.6 Å². The van der Waals surface area contributed by atoms with Crippen molar-refractivity contribution in [3.63, 3.8) is 0 Å². The Balaban J connectivity index is 1.51. The van der Waals surface area contributed by atoms with Crippen LogP contribution in [0.2, 0.25) is 5.02 Å². The molecule has 1 saturated heterocycles. The topological polar surface area (TPSA) is 41.1 Å². The fraction of sp³-hybridized carbons (Fsp3) is 0.316. The summed E-state index contributed by atoms with van der Waals surface area (Å²) >= 11 is 6.06. The molecular formula is C19H19ClN2O. The van der Waals surface area contributed by atoms with Crippen LogP contribution in [0.3, 0.4) is 0 Å². The summed E-state index contributed by atoms with van der Waals surface area (Å²) in [6, 6.07) is 13.9. The summed E-state index contributed by atoms with van der Waals surface area (Å²) in [6.45, 7) is 3.99. The van der Waals surface area contributed by atoms with E-state index in [9.17, 15) is 4.79 Å². The quantitative estimate of drug-likeness (QED) is 0.902. The molecule has 1 aliphatic heterocycles. The molecule has 1 unspecified atom stereocenters. The van der Waals surface area contributed by atoms with Gasteiger partial charge in [-0.3, -0.25) is 4.79 Å². The highest BCUT2D eigenvalue weighted by Crippen LogP contribution is 2.49. The van der Waals surface area contributed by atoms with Gasteiger partial charge in [0.25, 0.3) is 0 Å². The molecule has 2 fully saturated rings. The first-order valence-corrected chi connectivity index (χ1v) is 8.39. The number of benzene rings is 2. The minimum Gasteiger partial charge on any atom is -0.326 e. The predicted octanol–water partition coefficient (Wildman–Crippen LogP) is 3.72. The molecule has 2 N–H and O–H groups in total. The number of amides is 1. The molecule has 4 rings (SSSR count). The second kappa shape index (κ2) is 5.66. The second-order valence-electron chi connectivity index (χ2n) is 6.54. The van der Waals surface area contributed by atoms with Crippen molar-refractivity contribution in [1.29, 1.82) is 0 Å². The Hall–Kier alpha value is -1.84. The number of piperidine rings is 1. The lowest BCUT2D eigenvalue weighted by atomic mass is 10.0. The number of fused-ring (bicyclic) bond motifs is 1. The highest BCUT2D eigenvalue weighted by atomic mass is 35.5. The fourth-order valence-corrected chi connectivity index (χ4v) is 3.87. The Morgan fingerprint density at radius 2 is 1.87 bits per heavy atom. The molecule has 1 heterocycles. The number of anilines is 1. The van der Waals surface area contributed by atoms with Crippen molar-refractivity contribution in [3.8, 4) is 11.1 Å². The molecule has 1 aliphatic carbocycles. The fourth-order valence-electron chi connectivity index (χ4n) is 3.67. The van der Waals surface area contributed by atoms with Gasteiger partial charge in [0.05, 0.1) is 0 Å². The SMILES string of the molecule is Cc1cc(-c2cccc(Cl)c2)ccc1NC(=O)C1[C@H]2CNC[C@@H]12. The predicted molar refractivity (Wildman–Crippen MR) is 93.6 cm³/mol. The Labute approximate surface area is 141 Å². The van der Waals surface area contributed by atoms with Gasteiger partial charge in [-0.1, -0.05) is 29.8 Å². The molecule has 0 aromatic heterocycles. The van der Waals surface area contributed by atoms with Crippen molar-refractivity contribution in [1.82, 2.24) is 5.32 Å². The summed E-state index contributed by atoms with van der Waals surface area (Å²) in [5.41, 5.74) is 4.16. The molecule has 1 amide bonds. The van der Waals surface area contributed by atoms with E-state index in [1.807, 2.05) is 43.3 Å². The number of aryl methyl sites for hydroxylation is 1. The van der Waals surface area contributed by atoms with Crippen molar-refractivity contribution < 1.29 is 4.79 Å². The minimum absolute atomic E-state index is 0.167. The van der Waals surface area contributed by atoms with Crippen LogP contribution in [0.4, 0.5) is 5.69 Å². The summed E-state index contributed by atoms with van der Waals surface area (Å²) in [4.78, 5) is 12.4. The molecule has 2 aliphatic rings. The van der Waals surface area contributed by atoms with Gasteiger partial charge in [0.1, 0.15) is 0 Å². The van der Waals surface area contributed by atoms with Gasteiger partial charge in [0.15, 0.2) is 0 Å². The van der Waals surface area contributed by atoms with Crippen LogP contribution in [0.5, 0.6) is 0 Å². The highest BCUT2D eigenvalue weighted by molar-refractivity contribution is 6.30. The van der Waals surface area contributed by atoms with Gasteiger partial charge in [0, 0.05) is 16.6 Å². The first kappa shape index (κ1) is 14.7. The summed E-state index contributed by atoms with van der Waals surface area (Å²) in [7, 11) is 0. The first-order valence-electron chi connectivity index (χ1n) is 8.01. The third-order valence-electron chi connectivity index (χ3n) is 5.04. The molecule has 23 heavy (non-hydrogen) atoms. The van der Waals surface area contributed by atoms with Crippen LogP contribution < -0.4 is 10.6 Å². The van der Waals surface area contributed by atoms with Gasteiger partial charge in [0.2, 0.25) is 5.91 Å². The van der Waals surface area contributed by atoms with Gasteiger partial charge < -0.3 is 10.6 Å². The molecule has 0 spiro atoms. The summed E-state index contributed by atoms with van der Waals surface area (Å²) in [5, 5.41) is 7.15. The maximum absolute atomic E-state index is 12.4. The number of hydrogen-bond donors (Lipinski definition) is 2. The third-order valence-corrected chi connectivity index (χ3v) is 5.27. The van der Waals surface area contributed by atoms with Crippen molar-refractivity contribution in [2.24, 2.45) is 17.8 Å². The summed E-state index contributed by atoms with van der Waals surface area (Å²) in [5.74, 6) is 1.45. The van der Waals surface area contributed by atoms with E-state index in [4.69, 9.17) is 11.6 Å². The average molecular weight is 327 g/mol. The van der Waals surface area contributed by atoms with E-state index in [2.05, 4.69) is 16.7 Å². The zero-order valence-corrected chi connectivity index (χ0v) is 13.7. The lowest BCUT2D eigenvalue weighted by Gasteiger charge is -2.12. The Morgan fingerprint density at radius 3 is 2.57 bits per heavy atom. The molecule has 3 nitrogen and oxygen atoms in total. The molecule has 118 valence electrons. The van der Waals surface area contributed by atoms with Crippen molar-refractivity contribution >= 4 is 23.2 Å². The highest BCUT2D eigenvalue weighted by Gasteiger charge is 2.56. The maximum Gasteiger partial charge on any atom is 0.228 e. The molecule has 0 radical (unpaired) electrons. The largest absolute Gasteiger partial charge is 0.326 e. The number of carbonyl (C=O) groups excluding carboxylic acids is 1. The lowest BCUT2D eigenvalue weighted by Crippen LogP contribution is -2.23. The van der Waals surface area contributed by atoms with Crippen LogP contribution in [-0.2, 0) is 4.79 Å². The van der Waals surface area contributed by atoms with E-state index in [0.717, 1.165) is 40.5 Å². The average Bonchev–Trinajstić information content (AvgIpc) is 3.02. The summed E-state index contributed by atoms with van der Waals surface area (Å²) in [6.07, 6.45) is 0. The maximum atomic E-state index is 12.4. The van der Waals surface area contributed by atoms with E-state index in [1.54, 1.807) is 0 Å². The van der Waals surface area contributed by atoms with Gasteiger partial charge in [-0.05, 0) is 72.8 Å². The van der Waals surface area contributed by atoms with Gasteiger partial charge >= 0.3 is 0 Å². The van der Waals surface area contributed by atoms with E-state index in [1.165, 1.54) is 0 Å². The minimum atomic E-state index is 0.167. The Morgan fingerprint density at radius 1 is 1.13 bits per heavy atom. The third kappa shape index (κ3) is 2.75. The Kier molecular flexibility index (Phi) is 3.63. The van der Waals surface area contributed by atoms with Crippen LogP contribution in [0, 0.1) is 24.7 Å². The van der Waals surface area contributed by atoms with E-state index in [-0.39, 0.29) is 11.8 Å². The van der Waals surface area contributed by atoms with Crippen LogP contribution in [0.15, 0.2) is 42.5 Å². The monoisotopic (exact) mass is 326 g/mol.